The molecule has 3 rings (SSSR count). The van der Waals surface area contributed by atoms with Crippen molar-refractivity contribution in [2.24, 2.45) is 18.9 Å². The molecule has 1 saturated heterocycles. The highest BCUT2D eigenvalue weighted by Crippen LogP contribution is 2.32. The largest absolute Gasteiger partial charge is 0.336 e. The first kappa shape index (κ1) is 17.7. The first-order valence-corrected chi connectivity index (χ1v) is 9.48. The fraction of sp³-hybridized carbons (Fsp3) is 0.778. The number of carbonyl (C=O) groups excluding carboxylic acids is 1. The minimum Gasteiger partial charge on any atom is -0.336 e. The summed E-state index contributed by atoms with van der Waals surface area (Å²) in [5.41, 5.74) is 1.24. The van der Waals surface area contributed by atoms with E-state index in [0.29, 0.717) is 22.7 Å². The molecular formula is C18H29ClN4O. The molecule has 0 unspecified atom stereocenters. The second kappa shape index (κ2) is 7.04. The predicted molar refractivity (Wildman–Crippen MR) is 96.4 cm³/mol. The van der Waals surface area contributed by atoms with Crippen LogP contribution in [0, 0.1) is 18.8 Å². The first-order valence-electron chi connectivity index (χ1n) is 9.11. The highest BCUT2D eigenvalue weighted by molar-refractivity contribution is 6.34. The fourth-order valence-electron chi connectivity index (χ4n) is 3.61. The third-order valence-corrected chi connectivity index (χ3v) is 5.91. The maximum absolute atomic E-state index is 13.0. The molecular weight excluding hydrogens is 324 g/mol. The molecule has 0 aromatic carbocycles. The molecule has 6 heteroatoms. The van der Waals surface area contributed by atoms with Crippen LogP contribution >= 0.6 is 11.6 Å². The molecule has 1 amide bonds. The molecule has 2 aliphatic rings. The molecule has 5 nitrogen and oxygen atoms in total. The van der Waals surface area contributed by atoms with Gasteiger partial charge in [0, 0.05) is 39.3 Å². The lowest BCUT2D eigenvalue weighted by molar-refractivity contribution is 0.0698. The minimum atomic E-state index is -0.0254. The molecule has 1 aliphatic carbocycles. The molecule has 24 heavy (non-hydrogen) atoms. The van der Waals surface area contributed by atoms with Crippen LogP contribution in [-0.4, -0.2) is 57.7 Å². The molecule has 1 aromatic rings. The SMILES string of the molecule is Cc1c(Cl)c(C(=O)N2CCCN(CC3CC3)[C@H](C(C)C)C2)nn1C. The Morgan fingerprint density at radius 3 is 2.58 bits per heavy atom. The van der Waals surface area contributed by atoms with Gasteiger partial charge in [-0.1, -0.05) is 25.4 Å². The van der Waals surface area contributed by atoms with Gasteiger partial charge in [0.05, 0.1) is 10.7 Å². The molecule has 0 bridgehead atoms. The number of rotatable bonds is 4. The summed E-state index contributed by atoms with van der Waals surface area (Å²) in [4.78, 5) is 17.6. The van der Waals surface area contributed by atoms with E-state index in [1.54, 1.807) is 4.68 Å². The van der Waals surface area contributed by atoms with Crippen LogP contribution in [-0.2, 0) is 7.05 Å². The number of carbonyl (C=O) groups is 1. The van der Waals surface area contributed by atoms with Crippen LogP contribution in [0.3, 0.4) is 0 Å². The van der Waals surface area contributed by atoms with Gasteiger partial charge in [-0.3, -0.25) is 14.4 Å². The Morgan fingerprint density at radius 1 is 1.33 bits per heavy atom. The van der Waals surface area contributed by atoms with Gasteiger partial charge < -0.3 is 4.90 Å². The lowest BCUT2D eigenvalue weighted by atomic mass is 10.0. The molecule has 1 aromatic heterocycles. The standard InChI is InChI=1S/C18H29ClN4O/c1-12(2)15-11-23(9-5-8-22(15)10-14-6-7-14)18(24)17-16(19)13(3)21(4)20-17/h12,14-15H,5-11H2,1-4H3/t15-/m0/s1. The van der Waals surface area contributed by atoms with Crippen molar-refractivity contribution in [2.75, 3.05) is 26.2 Å². The van der Waals surface area contributed by atoms with Crippen LogP contribution in [0.2, 0.25) is 5.02 Å². The second-order valence-corrected chi connectivity index (χ2v) is 8.10. The summed E-state index contributed by atoms with van der Waals surface area (Å²) in [6.45, 7) is 10.2. The Morgan fingerprint density at radius 2 is 2.04 bits per heavy atom. The number of hydrogen-bond acceptors (Lipinski definition) is 3. The van der Waals surface area contributed by atoms with Crippen LogP contribution in [0.15, 0.2) is 0 Å². The van der Waals surface area contributed by atoms with E-state index in [4.69, 9.17) is 11.6 Å². The zero-order valence-electron chi connectivity index (χ0n) is 15.3. The van der Waals surface area contributed by atoms with Crippen molar-refractivity contribution in [1.82, 2.24) is 19.6 Å². The van der Waals surface area contributed by atoms with E-state index in [-0.39, 0.29) is 5.91 Å². The van der Waals surface area contributed by atoms with Crippen molar-refractivity contribution < 1.29 is 4.79 Å². The third kappa shape index (κ3) is 3.62. The van der Waals surface area contributed by atoms with Crippen molar-refractivity contribution in [3.63, 3.8) is 0 Å². The van der Waals surface area contributed by atoms with E-state index in [0.717, 1.165) is 37.7 Å². The highest BCUT2D eigenvalue weighted by atomic mass is 35.5. The summed E-state index contributed by atoms with van der Waals surface area (Å²) in [6, 6.07) is 0.417. The smallest absolute Gasteiger partial charge is 0.275 e. The molecule has 134 valence electrons. The number of nitrogens with zero attached hydrogens (tertiary/aromatic N) is 4. The Kier molecular flexibility index (Phi) is 5.21. The molecule has 0 radical (unpaired) electrons. The fourth-order valence-corrected chi connectivity index (χ4v) is 3.85. The zero-order chi connectivity index (χ0) is 17.4. The van der Waals surface area contributed by atoms with E-state index < -0.39 is 0 Å². The Hall–Kier alpha value is -1.07. The summed E-state index contributed by atoms with van der Waals surface area (Å²) in [7, 11) is 1.83. The summed E-state index contributed by atoms with van der Waals surface area (Å²) in [6.07, 6.45) is 3.75. The van der Waals surface area contributed by atoms with Gasteiger partial charge in [-0.2, -0.15) is 5.10 Å². The average molecular weight is 353 g/mol. The maximum Gasteiger partial charge on any atom is 0.275 e. The Balaban J connectivity index is 1.77. The average Bonchev–Trinajstić information content (AvgIpc) is 3.34. The normalized spacial score (nSPS) is 22.9. The third-order valence-electron chi connectivity index (χ3n) is 5.46. The predicted octanol–water partition coefficient (Wildman–Crippen LogP) is 2.96. The minimum absolute atomic E-state index is 0.0254. The van der Waals surface area contributed by atoms with Gasteiger partial charge in [0.2, 0.25) is 0 Å². The van der Waals surface area contributed by atoms with E-state index in [1.165, 1.54) is 19.4 Å². The number of halogens is 1. The van der Waals surface area contributed by atoms with Crippen molar-refractivity contribution in [2.45, 2.75) is 46.1 Å². The molecule has 2 heterocycles. The summed E-state index contributed by atoms with van der Waals surface area (Å²) in [5.74, 6) is 1.38. The monoisotopic (exact) mass is 352 g/mol. The van der Waals surface area contributed by atoms with E-state index in [9.17, 15) is 4.79 Å². The van der Waals surface area contributed by atoms with Crippen LogP contribution in [0.25, 0.3) is 0 Å². The summed E-state index contributed by atoms with van der Waals surface area (Å²) in [5, 5.41) is 4.83. The van der Waals surface area contributed by atoms with Crippen LogP contribution < -0.4 is 0 Å². The van der Waals surface area contributed by atoms with Gasteiger partial charge in [0.25, 0.3) is 5.91 Å². The zero-order valence-corrected chi connectivity index (χ0v) is 16.0. The van der Waals surface area contributed by atoms with Gasteiger partial charge in [-0.05, 0) is 38.0 Å². The number of aryl methyl sites for hydroxylation is 1. The first-order chi connectivity index (χ1) is 11.4. The Bertz CT molecular complexity index is 608. The van der Waals surface area contributed by atoms with Gasteiger partial charge in [0.15, 0.2) is 5.69 Å². The quantitative estimate of drug-likeness (QED) is 0.836. The van der Waals surface area contributed by atoms with Crippen molar-refractivity contribution in [1.29, 1.82) is 0 Å². The van der Waals surface area contributed by atoms with E-state index >= 15 is 0 Å². The topological polar surface area (TPSA) is 41.4 Å². The summed E-state index contributed by atoms with van der Waals surface area (Å²) >= 11 is 6.33. The summed E-state index contributed by atoms with van der Waals surface area (Å²) < 4.78 is 1.69. The number of amides is 1. The van der Waals surface area contributed by atoms with Crippen LogP contribution in [0.4, 0.5) is 0 Å². The van der Waals surface area contributed by atoms with Gasteiger partial charge in [-0.25, -0.2) is 0 Å². The lowest BCUT2D eigenvalue weighted by Crippen LogP contribution is -2.46. The van der Waals surface area contributed by atoms with E-state index in [2.05, 4.69) is 23.8 Å². The molecule has 1 saturated carbocycles. The van der Waals surface area contributed by atoms with Gasteiger partial charge >= 0.3 is 0 Å². The van der Waals surface area contributed by atoms with Crippen molar-refractivity contribution in [3.05, 3.63) is 16.4 Å². The van der Waals surface area contributed by atoms with Crippen LogP contribution in [0.5, 0.6) is 0 Å². The van der Waals surface area contributed by atoms with Gasteiger partial charge in [0.1, 0.15) is 0 Å². The number of hydrogen-bond donors (Lipinski definition) is 0. The van der Waals surface area contributed by atoms with Gasteiger partial charge in [-0.15, -0.1) is 0 Å². The van der Waals surface area contributed by atoms with Crippen molar-refractivity contribution >= 4 is 17.5 Å². The second-order valence-electron chi connectivity index (χ2n) is 7.73. The molecule has 1 atom stereocenters. The Labute approximate surface area is 149 Å². The maximum atomic E-state index is 13.0. The number of aromatic nitrogens is 2. The lowest BCUT2D eigenvalue weighted by Gasteiger charge is -2.34. The molecule has 0 N–H and O–H groups in total. The van der Waals surface area contributed by atoms with Crippen LogP contribution in [0.1, 0.15) is 49.3 Å². The molecule has 0 spiro atoms. The molecule has 1 aliphatic heterocycles. The molecule has 2 fully saturated rings. The highest BCUT2D eigenvalue weighted by Gasteiger charge is 2.34. The van der Waals surface area contributed by atoms with Crippen molar-refractivity contribution in [3.8, 4) is 0 Å². The van der Waals surface area contributed by atoms with E-state index in [1.807, 2.05) is 18.9 Å².